The maximum atomic E-state index is 14.1. The summed E-state index contributed by atoms with van der Waals surface area (Å²) >= 11 is 0. The Morgan fingerprint density at radius 2 is 0.479 bits per heavy atom. The van der Waals surface area contributed by atoms with Crippen LogP contribution in [0.2, 0.25) is 0 Å². The number of halogens is 6. The average molecular weight is 1070 g/mol. The Bertz CT molecular complexity index is 1500. The summed E-state index contributed by atoms with van der Waals surface area (Å²) in [5.74, 6) is 3.49. The first kappa shape index (κ1) is 66.9. The third-order valence-corrected chi connectivity index (χ3v) is 19.1. The maximum Gasteiger partial charge on any atom is 0.309 e. The van der Waals surface area contributed by atoms with Crippen LogP contribution in [0.5, 0.6) is 0 Å². The average Bonchev–Trinajstić information content (AvgIpc) is 3.35. The standard InChI is InChI=1S/2C21H34F2O2.C15H24F2O2.4H2O.4H2/c2*1-13-3-6-15(7-4-13)16-8-10-17(11-9-16)21(24)25-18-12-5-14(2)19(22)20(18)23;1-9-3-6-11(7-4-9)15(18)19-12-8-5-10(2)13(16)14(12)17;;;;;;;;/h2*13-20H,3-12H2,1-2H3;9-14H,3-8H2,1-2H3;4*1H2;4*1H. The molecule has 8 saturated carbocycles. The van der Waals surface area contributed by atoms with Crippen LogP contribution in [0.4, 0.5) is 26.3 Å². The predicted octanol–water partition coefficient (Wildman–Crippen LogP) is 12.8. The van der Waals surface area contributed by atoms with Crippen LogP contribution in [-0.4, -0.2) is 95.2 Å². The molecular formula is C57H108F6O10. The summed E-state index contributed by atoms with van der Waals surface area (Å²) in [5.41, 5.74) is 0. The molecule has 73 heavy (non-hydrogen) atoms. The molecule has 16 heteroatoms. The molecule has 0 bridgehead atoms. The van der Waals surface area contributed by atoms with Crippen LogP contribution in [0.25, 0.3) is 0 Å². The van der Waals surface area contributed by atoms with Gasteiger partial charge in [-0.3, -0.25) is 14.4 Å². The predicted molar refractivity (Wildman–Crippen MR) is 281 cm³/mol. The molecule has 8 aliphatic carbocycles. The first-order valence-electron chi connectivity index (χ1n) is 28.4. The zero-order chi connectivity index (χ0) is 49.9. The number of hydrogen-bond donors (Lipinski definition) is 0. The summed E-state index contributed by atoms with van der Waals surface area (Å²) in [5, 5.41) is 0. The normalized spacial score (nSPS) is 42.7. The van der Waals surface area contributed by atoms with Crippen LogP contribution < -0.4 is 0 Å². The molecule has 12 atom stereocenters. The van der Waals surface area contributed by atoms with Gasteiger partial charge in [-0.25, -0.2) is 26.3 Å². The van der Waals surface area contributed by atoms with Gasteiger partial charge in [0.15, 0.2) is 18.5 Å². The Morgan fingerprint density at radius 1 is 0.288 bits per heavy atom. The highest BCUT2D eigenvalue weighted by Gasteiger charge is 2.45. The van der Waals surface area contributed by atoms with Gasteiger partial charge < -0.3 is 36.1 Å². The molecule has 8 fully saturated rings. The Hall–Kier alpha value is -2.17. The number of ether oxygens (including phenoxy) is 3. The maximum absolute atomic E-state index is 14.1. The van der Waals surface area contributed by atoms with Crippen LogP contribution in [0.15, 0.2) is 0 Å². The van der Waals surface area contributed by atoms with E-state index >= 15 is 0 Å². The number of esters is 3. The van der Waals surface area contributed by atoms with Crippen molar-refractivity contribution in [3.63, 3.8) is 0 Å². The zero-order valence-electron chi connectivity index (χ0n) is 45.3. The molecule has 12 unspecified atom stereocenters. The second-order valence-corrected chi connectivity index (χ2v) is 24.5. The lowest BCUT2D eigenvalue weighted by molar-refractivity contribution is -0.165. The lowest BCUT2D eigenvalue weighted by Gasteiger charge is -2.37. The summed E-state index contributed by atoms with van der Waals surface area (Å²) in [6, 6.07) is 0. The quantitative estimate of drug-likeness (QED) is 0.131. The summed E-state index contributed by atoms with van der Waals surface area (Å²) in [7, 11) is 0. The van der Waals surface area contributed by atoms with Gasteiger partial charge in [-0.05, 0) is 200 Å². The van der Waals surface area contributed by atoms with Crippen LogP contribution in [-0.2, 0) is 28.6 Å². The monoisotopic (exact) mass is 1070 g/mol. The molecule has 0 spiro atoms. The van der Waals surface area contributed by atoms with E-state index < -0.39 is 55.3 Å². The minimum atomic E-state index is -1.66. The number of carbonyl (C=O) groups excluding carboxylic acids is 3. The largest absolute Gasteiger partial charge is 0.459 e. The van der Waals surface area contributed by atoms with Crippen molar-refractivity contribution in [1.29, 1.82) is 0 Å². The minimum Gasteiger partial charge on any atom is -0.459 e. The van der Waals surface area contributed by atoms with Gasteiger partial charge in [0.25, 0.3) is 0 Å². The van der Waals surface area contributed by atoms with Gasteiger partial charge in [0.2, 0.25) is 0 Å². The smallest absolute Gasteiger partial charge is 0.309 e. The molecule has 0 aromatic heterocycles. The van der Waals surface area contributed by atoms with Crippen molar-refractivity contribution in [2.45, 2.75) is 264 Å². The molecule has 0 heterocycles. The first-order chi connectivity index (χ1) is 32.9. The highest BCUT2D eigenvalue weighted by molar-refractivity contribution is 5.73. The highest BCUT2D eigenvalue weighted by Crippen LogP contribution is 2.44. The first-order valence-corrected chi connectivity index (χ1v) is 28.4. The summed E-state index contributed by atoms with van der Waals surface area (Å²) in [4.78, 5) is 36.8. The van der Waals surface area contributed by atoms with Gasteiger partial charge in [-0.2, -0.15) is 0 Å². The van der Waals surface area contributed by atoms with Crippen LogP contribution >= 0.6 is 0 Å². The van der Waals surface area contributed by atoms with Crippen molar-refractivity contribution < 1.29 is 82.5 Å². The van der Waals surface area contributed by atoms with Crippen molar-refractivity contribution in [2.75, 3.05) is 0 Å². The Kier molecular flexibility index (Phi) is 29.3. The van der Waals surface area contributed by atoms with Gasteiger partial charge in [-0.1, -0.05) is 67.2 Å². The number of rotatable bonds is 8. The molecule has 0 aliphatic heterocycles. The van der Waals surface area contributed by atoms with E-state index in [2.05, 4.69) is 20.8 Å². The van der Waals surface area contributed by atoms with E-state index in [1.807, 2.05) is 0 Å². The number of alkyl halides is 6. The van der Waals surface area contributed by atoms with Gasteiger partial charge in [0.05, 0.1) is 17.8 Å². The molecule has 438 valence electrons. The fourth-order valence-electron chi connectivity index (χ4n) is 13.6. The van der Waals surface area contributed by atoms with Crippen LogP contribution in [0, 0.1) is 76.9 Å². The highest BCUT2D eigenvalue weighted by atomic mass is 19.2. The van der Waals surface area contributed by atoms with E-state index in [4.69, 9.17) is 14.2 Å². The molecule has 8 aliphatic rings. The minimum absolute atomic E-state index is 0. The van der Waals surface area contributed by atoms with Crippen LogP contribution in [0.1, 0.15) is 214 Å². The third kappa shape index (κ3) is 18.8. The number of hydrogen-bond acceptors (Lipinski definition) is 6. The van der Waals surface area contributed by atoms with Gasteiger partial charge in [-0.15, -0.1) is 0 Å². The van der Waals surface area contributed by atoms with Gasteiger partial charge in [0.1, 0.15) is 36.8 Å². The topological polar surface area (TPSA) is 205 Å². The fraction of sp³-hybridized carbons (Fsp3) is 0.947. The van der Waals surface area contributed by atoms with Crippen molar-refractivity contribution >= 4 is 17.9 Å². The summed E-state index contributed by atoms with van der Waals surface area (Å²) in [6.07, 6.45) is 13.2. The van der Waals surface area contributed by atoms with E-state index in [1.54, 1.807) is 20.8 Å². The van der Waals surface area contributed by atoms with E-state index in [-0.39, 0.29) is 81.0 Å². The molecule has 0 saturated heterocycles. The molecule has 8 N–H and O–H groups in total. The van der Waals surface area contributed by atoms with E-state index in [1.165, 1.54) is 51.4 Å². The van der Waals surface area contributed by atoms with Crippen molar-refractivity contribution in [1.82, 2.24) is 0 Å². The zero-order valence-corrected chi connectivity index (χ0v) is 45.3. The Morgan fingerprint density at radius 3 is 0.712 bits per heavy atom. The van der Waals surface area contributed by atoms with E-state index in [9.17, 15) is 40.7 Å². The fourth-order valence-corrected chi connectivity index (χ4v) is 13.6. The summed E-state index contributed by atoms with van der Waals surface area (Å²) in [6.45, 7) is 12.0. The SMILES string of the molecule is CC1CCC(C(=O)OC2CCC(C)C(F)C2F)CC1.CC1CCC(C2CCC(C(=O)OC3CCC(C)C(F)C3F)CC2)CC1.CC1CCC(C2CCC(C(=O)OC3CCC(C)C(F)C3F)CC2)CC1.O.O.O.O.[HH].[HH].[HH].[HH]. The van der Waals surface area contributed by atoms with Crippen molar-refractivity contribution in [2.24, 2.45) is 76.9 Å². The molecular weight excluding hydrogens is 959 g/mol. The third-order valence-electron chi connectivity index (χ3n) is 19.1. The summed E-state index contributed by atoms with van der Waals surface area (Å²) < 4.78 is 99.3. The molecule has 0 amide bonds. The molecule has 0 radical (unpaired) electrons. The van der Waals surface area contributed by atoms with Gasteiger partial charge >= 0.3 is 17.9 Å². The lowest BCUT2D eigenvalue weighted by atomic mass is 9.69. The molecule has 8 rings (SSSR count). The van der Waals surface area contributed by atoms with Crippen molar-refractivity contribution in [3.05, 3.63) is 0 Å². The Balaban J connectivity index is -0.00000102. The second kappa shape index (κ2) is 31.9. The number of carbonyl (C=O) groups is 3. The van der Waals surface area contributed by atoms with Crippen molar-refractivity contribution in [3.8, 4) is 0 Å². The molecule has 10 nitrogen and oxygen atoms in total. The van der Waals surface area contributed by atoms with Gasteiger partial charge in [0, 0.05) is 5.71 Å². The Labute approximate surface area is 440 Å². The molecule has 0 aromatic carbocycles. The van der Waals surface area contributed by atoms with E-state index in [0.717, 1.165) is 113 Å². The second-order valence-electron chi connectivity index (χ2n) is 24.5. The molecule has 0 aromatic rings. The van der Waals surface area contributed by atoms with Crippen LogP contribution in [0.3, 0.4) is 0 Å². The lowest BCUT2D eigenvalue weighted by Crippen LogP contribution is -2.43. The van der Waals surface area contributed by atoms with E-state index in [0.29, 0.717) is 44.4 Å².